The van der Waals surface area contributed by atoms with Crippen LogP contribution in [0.15, 0.2) is 24.5 Å². The van der Waals surface area contributed by atoms with E-state index < -0.39 is 0 Å². The first kappa shape index (κ1) is 12.6. The Kier molecular flexibility index (Phi) is 4.92. The molecule has 0 fully saturated rings. The van der Waals surface area contributed by atoms with Gasteiger partial charge in [-0.1, -0.05) is 13.0 Å². The Labute approximate surface area is 96.2 Å². The molecule has 0 saturated carbocycles. The summed E-state index contributed by atoms with van der Waals surface area (Å²) >= 11 is 0. The summed E-state index contributed by atoms with van der Waals surface area (Å²) < 4.78 is 5.22. The highest BCUT2D eigenvalue weighted by Crippen LogP contribution is 2.05. The minimum absolute atomic E-state index is 0.170. The molecule has 4 heteroatoms. The van der Waals surface area contributed by atoms with Crippen molar-refractivity contribution in [1.29, 1.82) is 0 Å². The van der Waals surface area contributed by atoms with Crippen molar-refractivity contribution in [2.75, 3.05) is 14.1 Å². The molecule has 0 aliphatic heterocycles. The molecule has 0 N–H and O–H groups in total. The fourth-order valence-corrected chi connectivity index (χ4v) is 1.48. The van der Waals surface area contributed by atoms with Crippen molar-refractivity contribution in [3.8, 4) is 0 Å². The first-order chi connectivity index (χ1) is 7.65. The van der Waals surface area contributed by atoms with Crippen LogP contribution in [0.1, 0.15) is 18.9 Å². The van der Waals surface area contributed by atoms with Gasteiger partial charge in [-0.2, -0.15) is 0 Å². The largest absolute Gasteiger partial charge is 0.460 e. The van der Waals surface area contributed by atoms with E-state index in [1.54, 1.807) is 12.4 Å². The van der Waals surface area contributed by atoms with E-state index >= 15 is 0 Å². The Hall–Kier alpha value is -1.42. The van der Waals surface area contributed by atoms with Crippen molar-refractivity contribution in [3.05, 3.63) is 30.1 Å². The van der Waals surface area contributed by atoms with Crippen LogP contribution in [0.2, 0.25) is 0 Å². The minimum atomic E-state index is -0.184. The van der Waals surface area contributed by atoms with Gasteiger partial charge >= 0.3 is 5.97 Å². The van der Waals surface area contributed by atoms with Gasteiger partial charge in [0.15, 0.2) is 0 Å². The Balaban J connectivity index is 2.46. The first-order valence-electron chi connectivity index (χ1n) is 5.37. The summed E-state index contributed by atoms with van der Waals surface area (Å²) in [5, 5.41) is 0. The number of nitrogens with zero attached hydrogens (tertiary/aromatic N) is 2. The van der Waals surface area contributed by atoms with Crippen LogP contribution in [-0.2, 0) is 16.1 Å². The smallest absolute Gasteiger partial charge is 0.323 e. The van der Waals surface area contributed by atoms with Crippen molar-refractivity contribution < 1.29 is 9.53 Å². The molecule has 0 aliphatic rings. The van der Waals surface area contributed by atoms with Gasteiger partial charge in [-0.3, -0.25) is 14.7 Å². The van der Waals surface area contributed by atoms with Crippen molar-refractivity contribution in [2.24, 2.45) is 0 Å². The van der Waals surface area contributed by atoms with Gasteiger partial charge in [-0.15, -0.1) is 0 Å². The van der Waals surface area contributed by atoms with Crippen LogP contribution in [0.3, 0.4) is 0 Å². The fourth-order valence-electron chi connectivity index (χ4n) is 1.48. The highest BCUT2D eigenvalue weighted by Gasteiger charge is 2.19. The van der Waals surface area contributed by atoms with Crippen molar-refractivity contribution in [3.63, 3.8) is 0 Å². The van der Waals surface area contributed by atoms with Gasteiger partial charge in [0.05, 0.1) is 0 Å². The molecule has 0 saturated heterocycles. The Morgan fingerprint density at radius 2 is 2.31 bits per heavy atom. The zero-order valence-electron chi connectivity index (χ0n) is 10.0. The van der Waals surface area contributed by atoms with Gasteiger partial charge in [0.2, 0.25) is 0 Å². The number of esters is 1. The number of ether oxygens (including phenoxy) is 1. The zero-order valence-corrected chi connectivity index (χ0v) is 10.0. The van der Waals surface area contributed by atoms with E-state index in [0.29, 0.717) is 0 Å². The number of pyridine rings is 1. The third kappa shape index (κ3) is 3.62. The molecular formula is C12H18N2O2. The number of hydrogen-bond acceptors (Lipinski definition) is 4. The zero-order chi connectivity index (χ0) is 12.0. The topological polar surface area (TPSA) is 42.4 Å². The highest BCUT2D eigenvalue weighted by molar-refractivity contribution is 5.75. The summed E-state index contributed by atoms with van der Waals surface area (Å²) in [5.41, 5.74) is 0.907. The van der Waals surface area contributed by atoms with Gasteiger partial charge in [0.25, 0.3) is 0 Å². The molecule has 0 spiro atoms. The maximum Gasteiger partial charge on any atom is 0.323 e. The monoisotopic (exact) mass is 222 g/mol. The SMILES string of the molecule is CC[C@@H](C(=O)OCc1cccnc1)N(C)C. The molecule has 88 valence electrons. The summed E-state index contributed by atoms with van der Waals surface area (Å²) in [5.74, 6) is -0.184. The molecule has 0 unspecified atom stereocenters. The van der Waals surface area contributed by atoms with Crippen LogP contribution in [0.4, 0.5) is 0 Å². The van der Waals surface area contributed by atoms with Crippen LogP contribution >= 0.6 is 0 Å². The molecule has 1 aromatic heterocycles. The van der Waals surface area contributed by atoms with Crippen LogP contribution < -0.4 is 0 Å². The normalized spacial score (nSPS) is 12.5. The maximum atomic E-state index is 11.7. The summed E-state index contributed by atoms with van der Waals surface area (Å²) in [7, 11) is 3.75. The predicted octanol–water partition coefficient (Wildman–Crippen LogP) is 1.47. The third-order valence-corrected chi connectivity index (χ3v) is 2.39. The maximum absolute atomic E-state index is 11.7. The molecule has 1 aromatic rings. The minimum Gasteiger partial charge on any atom is -0.460 e. The molecule has 1 atom stereocenters. The second kappa shape index (κ2) is 6.23. The molecule has 1 rings (SSSR count). The second-order valence-electron chi connectivity index (χ2n) is 3.86. The summed E-state index contributed by atoms with van der Waals surface area (Å²) in [4.78, 5) is 17.5. The lowest BCUT2D eigenvalue weighted by atomic mass is 10.2. The van der Waals surface area contributed by atoms with Crippen LogP contribution in [0.5, 0.6) is 0 Å². The first-order valence-corrected chi connectivity index (χ1v) is 5.37. The number of hydrogen-bond donors (Lipinski definition) is 0. The van der Waals surface area contributed by atoms with Crippen molar-refractivity contribution >= 4 is 5.97 Å². The average Bonchev–Trinajstić information content (AvgIpc) is 2.28. The summed E-state index contributed by atoms with van der Waals surface area (Å²) in [6.45, 7) is 2.26. The second-order valence-corrected chi connectivity index (χ2v) is 3.86. The molecule has 16 heavy (non-hydrogen) atoms. The number of aromatic nitrogens is 1. The molecule has 1 heterocycles. The fraction of sp³-hybridized carbons (Fsp3) is 0.500. The van der Waals surface area contributed by atoms with Crippen molar-refractivity contribution in [2.45, 2.75) is 26.0 Å². The summed E-state index contributed by atoms with van der Waals surface area (Å²) in [6.07, 6.45) is 4.14. The number of carbonyl (C=O) groups excluding carboxylic acids is 1. The molecule has 0 aliphatic carbocycles. The molecule has 0 amide bonds. The quantitative estimate of drug-likeness (QED) is 0.707. The predicted molar refractivity (Wildman–Crippen MR) is 61.8 cm³/mol. The Morgan fingerprint density at radius 1 is 1.56 bits per heavy atom. The van der Waals surface area contributed by atoms with Gasteiger partial charge < -0.3 is 4.74 Å². The molecule has 0 bridgehead atoms. The van der Waals surface area contributed by atoms with E-state index in [1.165, 1.54) is 0 Å². The summed E-state index contributed by atoms with van der Waals surface area (Å²) in [6, 6.07) is 3.54. The van der Waals surface area contributed by atoms with Crippen LogP contribution in [0, 0.1) is 0 Å². The Morgan fingerprint density at radius 3 is 2.81 bits per heavy atom. The van der Waals surface area contributed by atoms with Gasteiger partial charge in [-0.05, 0) is 26.6 Å². The molecule has 4 nitrogen and oxygen atoms in total. The molecule has 0 radical (unpaired) electrons. The molecular weight excluding hydrogens is 204 g/mol. The van der Waals surface area contributed by atoms with Crippen LogP contribution in [-0.4, -0.2) is 36.0 Å². The van der Waals surface area contributed by atoms with Gasteiger partial charge in [0, 0.05) is 18.0 Å². The van der Waals surface area contributed by atoms with Gasteiger partial charge in [0.1, 0.15) is 12.6 Å². The lowest BCUT2D eigenvalue weighted by Crippen LogP contribution is -2.36. The standard InChI is InChI=1S/C12H18N2O2/c1-4-11(14(2)3)12(15)16-9-10-6-5-7-13-8-10/h5-8,11H,4,9H2,1-3H3/t11-/m0/s1. The van der Waals surface area contributed by atoms with E-state index in [0.717, 1.165) is 12.0 Å². The molecule has 0 aromatic carbocycles. The number of likely N-dealkylation sites (N-methyl/N-ethyl adjacent to an activating group) is 1. The van der Waals surface area contributed by atoms with E-state index in [9.17, 15) is 4.79 Å². The van der Waals surface area contributed by atoms with E-state index in [2.05, 4.69) is 4.98 Å². The number of rotatable bonds is 5. The van der Waals surface area contributed by atoms with E-state index in [-0.39, 0.29) is 18.6 Å². The lowest BCUT2D eigenvalue weighted by molar-refractivity contribution is -0.150. The van der Waals surface area contributed by atoms with Crippen molar-refractivity contribution in [1.82, 2.24) is 9.88 Å². The Bertz CT molecular complexity index is 325. The average molecular weight is 222 g/mol. The van der Waals surface area contributed by atoms with Crippen LogP contribution in [0.25, 0.3) is 0 Å². The third-order valence-electron chi connectivity index (χ3n) is 2.39. The van der Waals surface area contributed by atoms with E-state index in [1.807, 2.05) is 38.1 Å². The van der Waals surface area contributed by atoms with Gasteiger partial charge in [-0.25, -0.2) is 0 Å². The number of carbonyl (C=O) groups is 1. The lowest BCUT2D eigenvalue weighted by Gasteiger charge is -2.20. The highest BCUT2D eigenvalue weighted by atomic mass is 16.5. The van der Waals surface area contributed by atoms with E-state index in [4.69, 9.17) is 4.74 Å².